The van der Waals surface area contributed by atoms with Crippen molar-refractivity contribution >= 4 is 44.4 Å². The number of fused-ring (bicyclic) bond motifs is 5. The van der Waals surface area contributed by atoms with Crippen LogP contribution in [0.3, 0.4) is 0 Å². The number of ether oxygens (including phenoxy) is 3. The molecule has 1 aromatic carbocycles. The van der Waals surface area contributed by atoms with Crippen LogP contribution < -0.4 is 14.2 Å². The third-order valence-electron chi connectivity index (χ3n) is 13.1. The second-order valence-corrected chi connectivity index (χ2v) is 20.1. The summed E-state index contributed by atoms with van der Waals surface area (Å²) in [5, 5.41) is 1.62. The van der Waals surface area contributed by atoms with Crippen molar-refractivity contribution in [2.75, 3.05) is 19.8 Å². The lowest BCUT2D eigenvalue weighted by atomic mass is 9.82. The second-order valence-electron chi connectivity index (χ2n) is 18.1. The van der Waals surface area contributed by atoms with Crippen LogP contribution in [-0.4, -0.2) is 90.6 Å². The minimum absolute atomic E-state index is 0.0135. The largest absolute Gasteiger partial charge is 0.477 e. The van der Waals surface area contributed by atoms with E-state index in [0.29, 0.717) is 31.7 Å². The maximum absolute atomic E-state index is 14.9. The number of hydrogen-bond acceptors (Lipinski definition) is 10. The number of sulfonamides is 1. The number of esters is 1. The van der Waals surface area contributed by atoms with Gasteiger partial charge in [0.15, 0.2) is 11.4 Å². The van der Waals surface area contributed by atoms with Crippen molar-refractivity contribution in [1.29, 1.82) is 0 Å². The Bertz CT molecular complexity index is 2130. The fourth-order valence-electron chi connectivity index (χ4n) is 9.09. The quantitative estimate of drug-likeness (QED) is 0.209. The molecule has 7 rings (SSSR count). The molecule has 2 amide bonds. The van der Waals surface area contributed by atoms with Gasteiger partial charge in [-0.2, -0.15) is 4.98 Å². The van der Waals surface area contributed by atoms with Crippen molar-refractivity contribution in [3.05, 3.63) is 42.0 Å². The molecule has 1 N–H and O–H groups in total. The van der Waals surface area contributed by atoms with E-state index in [-0.39, 0.29) is 44.0 Å². The molecule has 2 aliphatic carbocycles. The van der Waals surface area contributed by atoms with E-state index >= 15 is 0 Å². The predicted molar refractivity (Wildman–Crippen MR) is 211 cm³/mol. The lowest BCUT2D eigenvalue weighted by molar-refractivity contribution is -0.174. The molecule has 59 heavy (non-hydrogen) atoms. The highest BCUT2D eigenvalue weighted by Crippen LogP contribution is 2.58. The zero-order chi connectivity index (χ0) is 42.5. The van der Waals surface area contributed by atoms with Crippen LogP contribution in [0.1, 0.15) is 97.5 Å². The molecule has 16 heteroatoms. The van der Waals surface area contributed by atoms with E-state index in [1.165, 1.54) is 4.90 Å². The molecule has 4 heterocycles. The molecule has 0 unspecified atom stereocenters. The number of carbonyl (C=O) groups is 4. The summed E-state index contributed by atoms with van der Waals surface area (Å²) >= 11 is 0. The van der Waals surface area contributed by atoms with Gasteiger partial charge in [0.05, 0.1) is 36.9 Å². The Morgan fingerprint density at radius 1 is 1.12 bits per heavy atom. The van der Waals surface area contributed by atoms with Crippen LogP contribution in [0.15, 0.2) is 36.4 Å². The standard InChI is InChI=1S/C43H54F3N3O9S/c1-25-10-5-6-11-27-21-43(27,40(53)48-59(54,55)42(24-44)15-16-42)22-34(50)33-19-28(57-37-31-13-8-7-12-29(31)30-14-9-17-56-36(30)47-37)23-49(33)38(52)32(26(2)18-25)20-35(51)58-41(3,4)39(45)46/h6-8,11-13,25-28,32-33,39H,5,9-10,14-24H2,1-4H3,(H,48,53)/b11-6-/t25-,26+,27+,28+,32-,33-,43+/m0/s1. The van der Waals surface area contributed by atoms with Crippen LogP contribution in [0.4, 0.5) is 13.2 Å². The van der Waals surface area contributed by atoms with Crippen molar-refractivity contribution in [3.8, 4) is 11.8 Å². The first-order chi connectivity index (χ1) is 27.9. The molecular weight excluding hydrogens is 792 g/mol. The highest BCUT2D eigenvalue weighted by molar-refractivity contribution is 7.91. The molecule has 0 radical (unpaired) electrons. The van der Waals surface area contributed by atoms with E-state index in [1.54, 1.807) is 0 Å². The lowest BCUT2D eigenvalue weighted by Crippen LogP contribution is -2.48. The molecule has 7 atom stereocenters. The van der Waals surface area contributed by atoms with Crippen LogP contribution >= 0.6 is 0 Å². The third-order valence-corrected chi connectivity index (χ3v) is 15.2. The van der Waals surface area contributed by atoms with Crippen molar-refractivity contribution in [2.45, 2.75) is 127 Å². The van der Waals surface area contributed by atoms with Gasteiger partial charge >= 0.3 is 5.97 Å². The van der Waals surface area contributed by atoms with Crippen LogP contribution in [0.25, 0.3) is 10.8 Å². The zero-order valence-corrected chi connectivity index (χ0v) is 34.8. The molecule has 2 aromatic rings. The predicted octanol–water partition coefficient (Wildman–Crippen LogP) is 6.43. The maximum Gasteiger partial charge on any atom is 0.307 e. The van der Waals surface area contributed by atoms with E-state index in [2.05, 4.69) is 4.72 Å². The molecule has 3 fully saturated rings. The van der Waals surface area contributed by atoms with Gasteiger partial charge in [-0.1, -0.05) is 44.2 Å². The minimum Gasteiger partial charge on any atom is -0.477 e. The van der Waals surface area contributed by atoms with Crippen LogP contribution in [0.2, 0.25) is 0 Å². The average Bonchev–Trinajstić information content (AvgIpc) is 4.09. The molecule has 0 spiro atoms. The summed E-state index contributed by atoms with van der Waals surface area (Å²) in [5.41, 5.74) is -2.61. The van der Waals surface area contributed by atoms with E-state index in [9.17, 15) is 40.8 Å². The third kappa shape index (κ3) is 8.56. The Kier molecular flexibility index (Phi) is 11.9. The number of hydrogen-bond donors (Lipinski definition) is 1. The Morgan fingerprint density at radius 3 is 2.54 bits per heavy atom. The molecule has 1 aromatic heterocycles. The number of nitrogens with zero attached hydrogens (tertiary/aromatic N) is 2. The number of halogens is 3. The van der Waals surface area contributed by atoms with Crippen molar-refractivity contribution in [1.82, 2.24) is 14.6 Å². The number of alkyl halides is 3. The molecule has 0 bridgehead atoms. The van der Waals surface area contributed by atoms with Gasteiger partial charge in [-0.15, -0.1) is 0 Å². The van der Waals surface area contributed by atoms with Gasteiger partial charge in [0, 0.05) is 23.8 Å². The van der Waals surface area contributed by atoms with Crippen LogP contribution in [0.5, 0.6) is 11.8 Å². The summed E-state index contributed by atoms with van der Waals surface area (Å²) in [6.07, 6.45) is 2.71. The molecule has 322 valence electrons. The monoisotopic (exact) mass is 845 g/mol. The molecular formula is C43H54F3N3O9S. The summed E-state index contributed by atoms with van der Waals surface area (Å²) in [6.45, 7) is 5.26. The van der Waals surface area contributed by atoms with Gasteiger partial charge in [-0.25, -0.2) is 21.6 Å². The number of amides is 2. The zero-order valence-electron chi connectivity index (χ0n) is 34.0. The molecule has 5 aliphatic rings. The highest BCUT2D eigenvalue weighted by Gasteiger charge is 2.63. The number of allylic oxidation sites excluding steroid dienone is 2. The van der Waals surface area contributed by atoms with Gasteiger partial charge in [0.2, 0.25) is 33.6 Å². The number of carbonyl (C=O) groups excluding carboxylic acids is 4. The molecule has 12 nitrogen and oxygen atoms in total. The van der Waals surface area contributed by atoms with Gasteiger partial charge in [-0.3, -0.25) is 23.9 Å². The molecule has 2 saturated carbocycles. The highest BCUT2D eigenvalue weighted by atomic mass is 32.2. The van der Waals surface area contributed by atoms with Crippen molar-refractivity contribution in [3.63, 3.8) is 0 Å². The first-order valence-corrected chi connectivity index (χ1v) is 22.2. The molecule has 1 saturated heterocycles. The second kappa shape index (κ2) is 16.3. The van der Waals surface area contributed by atoms with Gasteiger partial charge in [0.1, 0.15) is 17.5 Å². The Hall–Kier alpha value is -4.21. The van der Waals surface area contributed by atoms with Crippen LogP contribution in [-0.2, 0) is 40.4 Å². The summed E-state index contributed by atoms with van der Waals surface area (Å²) in [4.78, 5) is 63.1. The maximum atomic E-state index is 14.9. The molecule has 3 aliphatic heterocycles. The smallest absolute Gasteiger partial charge is 0.307 e. The van der Waals surface area contributed by atoms with E-state index in [4.69, 9.17) is 19.2 Å². The average molecular weight is 846 g/mol. The number of aryl methyl sites for hydroxylation is 1. The Labute approximate surface area is 343 Å². The lowest BCUT2D eigenvalue weighted by Gasteiger charge is -2.33. The Balaban J connectivity index is 1.24. The number of pyridine rings is 1. The first-order valence-electron chi connectivity index (χ1n) is 20.7. The number of rotatable bonds is 10. The summed E-state index contributed by atoms with van der Waals surface area (Å²) in [6, 6.07) is 6.41. The minimum atomic E-state index is -4.39. The van der Waals surface area contributed by atoms with Gasteiger partial charge in [0.25, 0.3) is 6.43 Å². The fourth-order valence-corrected chi connectivity index (χ4v) is 10.5. The van der Waals surface area contributed by atoms with E-state index < -0.39 is 105 Å². The number of Topliss-reactive ketones (excluding diaryl/α,β-unsaturated/α-hetero) is 1. The van der Waals surface area contributed by atoms with Crippen molar-refractivity contribution in [2.24, 2.45) is 29.1 Å². The normalized spacial score (nSPS) is 30.2. The number of aromatic nitrogens is 1. The number of ketones is 1. The van der Waals surface area contributed by atoms with Gasteiger partial charge in [-0.05, 0) is 94.4 Å². The fraction of sp³-hybridized carbons (Fsp3) is 0.651. The SMILES string of the molecule is C[C@H]1CC/C=C\[C@@H]2C[C@@]2(C(=O)NS(=O)(=O)C2(CF)CC2)CC(=O)[C@@H]2C[C@@H](Oc3nc4c(c5ccccc35)CCCO4)CN2C(=O)[C@@H](CC(=O)OC(C)(C)C(F)F)[C@H](C)C1. The van der Waals surface area contributed by atoms with Gasteiger partial charge < -0.3 is 19.1 Å². The summed E-state index contributed by atoms with van der Waals surface area (Å²) < 4.78 is 86.1. The number of nitrogens with one attached hydrogen (secondary N) is 1. The van der Waals surface area contributed by atoms with E-state index in [1.807, 2.05) is 50.3 Å². The van der Waals surface area contributed by atoms with E-state index in [0.717, 1.165) is 43.0 Å². The Morgan fingerprint density at radius 2 is 1.85 bits per heavy atom. The summed E-state index contributed by atoms with van der Waals surface area (Å²) in [7, 11) is -4.39. The number of benzene rings is 1. The topological polar surface area (TPSA) is 158 Å². The van der Waals surface area contributed by atoms with Crippen molar-refractivity contribution < 1.29 is 55.0 Å². The first kappa shape index (κ1) is 42.9. The van der Waals surface area contributed by atoms with Crippen LogP contribution in [0, 0.1) is 29.1 Å². The summed E-state index contributed by atoms with van der Waals surface area (Å²) in [5.74, 6) is -4.18.